The van der Waals surface area contributed by atoms with E-state index in [1.807, 2.05) is 12.1 Å². The van der Waals surface area contributed by atoms with E-state index in [0.717, 1.165) is 16.5 Å². The van der Waals surface area contributed by atoms with Crippen LogP contribution < -0.4 is 10.5 Å². The molecule has 0 saturated carbocycles. The number of benzene rings is 2. The molecule has 0 heterocycles. The fourth-order valence-corrected chi connectivity index (χ4v) is 1.72. The van der Waals surface area contributed by atoms with Crippen molar-refractivity contribution < 1.29 is 13.5 Å². The van der Waals surface area contributed by atoms with Gasteiger partial charge in [0.15, 0.2) is 0 Å². The summed E-state index contributed by atoms with van der Waals surface area (Å²) in [6, 6.07) is 9.32. The highest BCUT2D eigenvalue weighted by molar-refractivity contribution is 5.85. The quantitative estimate of drug-likeness (QED) is 0.928. The Bertz CT molecular complexity index is 533. The van der Waals surface area contributed by atoms with Gasteiger partial charge >= 0.3 is 0 Å². The van der Waals surface area contributed by atoms with E-state index in [1.165, 1.54) is 0 Å². The molecule has 18 heavy (non-hydrogen) atoms. The smallest absolute Gasteiger partial charge is 0.257 e. The Balaban J connectivity index is 0.00000162. The molecule has 2 nitrogen and oxygen atoms in total. The van der Waals surface area contributed by atoms with Gasteiger partial charge in [-0.1, -0.05) is 18.2 Å². The lowest BCUT2D eigenvalue weighted by Crippen LogP contribution is -2.18. The number of fused-ring (bicyclic) bond motifs is 1. The SMILES string of the molecule is COc1ccc2cc([C@H](N)C(F)F)ccc2c1.Cl. The molecule has 1 atom stereocenters. The van der Waals surface area contributed by atoms with Crippen LogP contribution in [0.3, 0.4) is 0 Å². The van der Waals surface area contributed by atoms with E-state index >= 15 is 0 Å². The number of hydrogen-bond acceptors (Lipinski definition) is 2. The normalized spacial score (nSPS) is 12.3. The first-order valence-corrected chi connectivity index (χ1v) is 5.23. The predicted molar refractivity (Wildman–Crippen MR) is 70.7 cm³/mol. The van der Waals surface area contributed by atoms with Crippen LogP contribution in [0.2, 0.25) is 0 Å². The number of rotatable bonds is 3. The minimum absolute atomic E-state index is 0. The van der Waals surface area contributed by atoms with Crippen molar-refractivity contribution in [3.05, 3.63) is 42.0 Å². The average Bonchev–Trinajstić information content (AvgIpc) is 2.36. The molecule has 0 aliphatic heterocycles. The number of alkyl halides is 2. The molecule has 2 rings (SSSR count). The van der Waals surface area contributed by atoms with E-state index in [2.05, 4.69) is 0 Å². The fourth-order valence-electron chi connectivity index (χ4n) is 1.72. The van der Waals surface area contributed by atoms with Crippen LogP contribution in [0.25, 0.3) is 10.8 Å². The van der Waals surface area contributed by atoms with Crippen molar-refractivity contribution in [2.24, 2.45) is 5.73 Å². The highest BCUT2D eigenvalue weighted by Crippen LogP contribution is 2.25. The monoisotopic (exact) mass is 273 g/mol. The Morgan fingerprint density at radius 2 is 1.67 bits per heavy atom. The van der Waals surface area contributed by atoms with Crippen LogP contribution in [-0.2, 0) is 0 Å². The summed E-state index contributed by atoms with van der Waals surface area (Å²) >= 11 is 0. The largest absolute Gasteiger partial charge is 0.497 e. The molecule has 2 aromatic rings. The third kappa shape index (κ3) is 2.89. The molecular weight excluding hydrogens is 260 g/mol. The van der Waals surface area contributed by atoms with Crippen LogP contribution in [0.1, 0.15) is 11.6 Å². The number of hydrogen-bond donors (Lipinski definition) is 1. The Kier molecular flexibility index (Phi) is 4.87. The molecule has 0 fully saturated rings. The highest BCUT2D eigenvalue weighted by atomic mass is 35.5. The molecular formula is C13H14ClF2NO. The Morgan fingerprint density at radius 3 is 2.28 bits per heavy atom. The van der Waals surface area contributed by atoms with Gasteiger partial charge in [0.05, 0.1) is 13.2 Å². The first-order chi connectivity index (χ1) is 8.11. The zero-order valence-electron chi connectivity index (χ0n) is 9.77. The number of ether oxygens (including phenoxy) is 1. The fraction of sp³-hybridized carbons (Fsp3) is 0.231. The van der Waals surface area contributed by atoms with Gasteiger partial charge < -0.3 is 10.5 Å². The lowest BCUT2D eigenvalue weighted by molar-refractivity contribution is 0.116. The van der Waals surface area contributed by atoms with Crippen molar-refractivity contribution in [2.75, 3.05) is 7.11 Å². The summed E-state index contributed by atoms with van der Waals surface area (Å²) in [5.41, 5.74) is 5.85. The molecule has 0 radical (unpaired) electrons. The summed E-state index contributed by atoms with van der Waals surface area (Å²) in [6.45, 7) is 0. The van der Waals surface area contributed by atoms with E-state index in [1.54, 1.807) is 31.4 Å². The summed E-state index contributed by atoms with van der Waals surface area (Å²) in [7, 11) is 1.59. The lowest BCUT2D eigenvalue weighted by Gasteiger charge is -2.11. The van der Waals surface area contributed by atoms with Gasteiger partial charge in [-0.3, -0.25) is 0 Å². The number of methoxy groups -OCH3 is 1. The van der Waals surface area contributed by atoms with Crippen LogP contribution >= 0.6 is 12.4 Å². The minimum Gasteiger partial charge on any atom is -0.497 e. The van der Waals surface area contributed by atoms with E-state index in [-0.39, 0.29) is 12.4 Å². The van der Waals surface area contributed by atoms with E-state index in [4.69, 9.17) is 10.5 Å². The predicted octanol–water partition coefficient (Wildman–Crippen LogP) is 3.54. The van der Waals surface area contributed by atoms with Gasteiger partial charge in [-0.15, -0.1) is 12.4 Å². The lowest BCUT2D eigenvalue weighted by atomic mass is 10.0. The number of halogens is 3. The first-order valence-electron chi connectivity index (χ1n) is 5.23. The minimum atomic E-state index is -2.55. The topological polar surface area (TPSA) is 35.2 Å². The summed E-state index contributed by atoms with van der Waals surface area (Å²) in [4.78, 5) is 0. The summed E-state index contributed by atoms with van der Waals surface area (Å²) in [5.74, 6) is 0.739. The van der Waals surface area contributed by atoms with Gasteiger partial charge in [-0.2, -0.15) is 0 Å². The van der Waals surface area contributed by atoms with E-state index in [9.17, 15) is 8.78 Å². The van der Waals surface area contributed by atoms with Crippen LogP contribution in [-0.4, -0.2) is 13.5 Å². The third-order valence-corrected chi connectivity index (χ3v) is 2.73. The molecule has 0 bridgehead atoms. The van der Waals surface area contributed by atoms with E-state index < -0.39 is 12.5 Å². The van der Waals surface area contributed by atoms with Crippen molar-refractivity contribution >= 4 is 23.2 Å². The summed E-state index contributed by atoms with van der Waals surface area (Å²) in [6.07, 6.45) is -2.55. The molecule has 0 amide bonds. The highest BCUT2D eigenvalue weighted by Gasteiger charge is 2.17. The van der Waals surface area contributed by atoms with Crippen molar-refractivity contribution in [2.45, 2.75) is 12.5 Å². The molecule has 0 saturated heterocycles. The summed E-state index contributed by atoms with van der Waals surface area (Å²) in [5, 5.41) is 1.81. The maximum absolute atomic E-state index is 12.5. The zero-order valence-corrected chi connectivity index (χ0v) is 10.6. The van der Waals surface area contributed by atoms with Crippen LogP contribution in [0.15, 0.2) is 36.4 Å². The molecule has 0 aliphatic rings. The maximum Gasteiger partial charge on any atom is 0.257 e. The Labute approximate surface area is 110 Å². The van der Waals surface area contributed by atoms with Crippen LogP contribution in [0.5, 0.6) is 5.75 Å². The van der Waals surface area contributed by atoms with Crippen LogP contribution in [0.4, 0.5) is 8.78 Å². The molecule has 2 aromatic carbocycles. The molecule has 2 N–H and O–H groups in total. The molecule has 0 spiro atoms. The van der Waals surface area contributed by atoms with Gasteiger partial charge in [0.1, 0.15) is 5.75 Å². The third-order valence-electron chi connectivity index (χ3n) is 2.73. The molecule has 0 aromatic heterocycles. The second-order valence-electron chi connectivity index (χ2n) is 3.83. The Hall–Kier alpha value is -1.39. The first kappa shape index (κ1) is 14.7. The van der Waals surface area contributed by atoms with Gasteiger partial charge in [0.25, 0.3) is 6.43 Å². The van der Waals surface area contributed by atoms with Gasteiger partial charge in [-0.25, -0.2) is 8.78 Å². The standard InChI is InChI=1S/C13H13F2NO.ClH/c1-17-11-5-4-8-6-10(12(16)13(14)15)3-2-9(8)7-11;/h2-7,12-13H,16H2,1H3;1H/t12-;/m0./s1. The van der Waals surface area contributed by atoms with Crippen molar-refractivity contribution in [3.63, 3.8) is 0 Å². The van der Waals surface area contributed by atoms with Gasteiger partial charge in [0, 0.05) is 0 Å². The zero-order chi connectivity index (χ0) is 12.4. The van der Waals surface area contributed by atoms with E-state index in [0.29, 0.717) is 5.56 Å². The molecule has 0 aliphatic carbocycles. The van der Waals surface area contributed by atoms with Crippen molar-refractivity contribution in [3.8, 4) is 5.75 Å². The molecule has 5 heteroatoms. The Morgan fingerprint density at radius 1 is 1.06 bits per heavy atom. The molecule has 98 valence electrons. The van der Waals surface area contributed by atoms with Crippen molar-refractivity contribution in [1.29, 1.82) is 0 Å². The molecule has 0 unspecified atom stereocenters. The van der Waals surface area contributed by atoms with Gasteiger partial charge in [-0.05, 0) is 34.5 Å². The average molecular weight is 274 g/mol. The maximum atomic E-state index is 12.5. The van der Waals surface area contributed by atoms with Crippen LogP contribution in [0, 0.1) is 0 Å². The second kappa shape index (κ2) is 5.98. The second-order valence-corrected chi connectivity index (χ2v) is 3.83. The number of nitrogens with two attached hydrogens (primary N) is 1. The summed E-state index contributed by atoms with van der Waals surface area (Å²) < 4.78 is 30.1. The van der Waals surface area contributed by atoms with Gasteiger partial charge in [0.2, 0.25) is 0 Å². The van der Waals surface area contributed by atoms with Crippen molar-refractivity contribution in [1.82, 2.24) is 0 Å².